The summed E-state index contributed by atoms with van der Waals surface area (Å²) in [7, 11) is 0. The van der Waals surface area contributed by atoms with E-state index >= 15 is 0 Å². The molecule has 0 aliphatic heterocycles. The van der Waals surface area contributed by atoms with Crippen molar-refractivity contribution >= 4 is 23.5 Å². The van der Waals surface area contributed by atoms with Crippen LogP contribution in [0.25, 0.3) is 11.5 Å². The van der Waals surface area contributed by atoms with Crippen molar-refractivity contribution in [2.24, 2.45) is 0 Å². The van der Waals surface area contributed by atoms with Crippen LogP contribution in [-0.4, -0.2) is 31.7 Å². The highest BCUT2D eigenvalue weighted by atomic mass is 35.5. The van der Waals surface area contributed by atoms with Crippen molar-refractivity contribution in [2.75, 3.05) is 5.32 Å². The van der Waals surface area contributed by atoms with E-state index in [2.05, 4.69) is 25.5 Å². The molecule has 1 atom stereocenters. The Hall–Kier alpha value is -2.02. The number of aromatic nitrogens is 4. The van der Waals surface area contributed by atoms with E-state index in [1.54, 1.807) is 6.07 Å². The Bertz CT molecular complexity index is 571. The Morgan fingerprint density at radius 2 is 2.28 bits per heavy atom. The fraction of sp³-hybridized carbons (Fsp3) is 0.200. The first-order valence-corrected chi connectivity index (χ1v) is 5.45. The molecule has 8 heteroatoms. The van der Waals surface area contributed by atoms with Crippen LogP contribution in [0.2, 0.25) is 0 Å². The number of aryl methyl sites for hydroxylation is 1. The third kappa shape index (κ3) is 2.80. The van der Waals surface area contributed by atoms with Crippen molar-refractivity contribution in [1.29, 1.82) is 0 Å². The minimum atomic E-state index is -2.14. The number of pyridine rings is 1. The lowest BCUT2D eigenvalue weighted by atomic mass is 10.3. The molecular formula is C10H9ClFN5O. The number of anilines is 1. The lowest BCUT2D eigenvalue weighted by Crippen LogP contribution is -2.20. The van der Waals surface area contributed by atoms with Crippen molar-refractivity contribution in [3.8, 4) is 11.5 Å². The predicted molar refractivity (Wildman–Crippen MR) is 63.7 cm³/mol. The van der Waals surface area contributed by atoms with Gasteiger partial charge in [0.1, 0.15) is 5.69 Å². The molecule has 2 aromatic rings. The Morgan fingerprint density at radius 3 is 2.94 bits per heavy atom. The quantitative estimate of drug-likeness (QED) is 0.830. The first-order chi connectivity index (χ1) is 8.56. The molecule has 0 aliphatic carbocycles. The Morgan fingerprint density at radius 1 is 1.50 bits per heavy atom. The number of hydrogen-bond acceptors (Lipinski definition) is 4. The molecule has 0 radical (unpaired) electrons. The summed E-state index contributed by atoms with van der Waals surface area (Å²) in [6.07, 6.45) is 0. The number of rotatable bonds is 3. The van der Waals surface area contributed by atoms with Crippen LogP contribution < -0.4 is 5.32 Å². The molecule has 2 rings (SSSR count). The molecule has 6 nitrogen and oxygen atoms in total. The van der Waals surface area contributed by atoms with Gasteiger partial charge in [-0.2, -0.15) is 4.98 Å². The molecule has 0 aromatic carbocycles. The van der Waals surface area contributed by atoms with Crippen molar-refractivity contribution < 1.29 is 9.18 Å². The van der Waals surface area contributed by atoms with Crippen molar-refractivity contribution in [3.05, 3.63) is 23.9 Å². The number of nitrogens with one attached hydrogen (secondary N) is 2. The first kappa shape index (κ1) is 12.4. The highest BCUT2D eigenvalue weighted by Crippen LogP contribution is 2.13. The van der Waals surface area contributed by atoms with Crippen LogP contribution in [0.15, 0.2) is 18.2 Å². The number of hydrogen-bond donors (Lipinski definition) is 2. The minimum absolute atomic E-state index is 0.0541. The number of aromatic amines is 1. The van der Waals surface area contributed by atoms with Crippen molar-refractivity contribution in [2.45, 2.75) is 12.6 Å². The van der Waals surface area contributed by atoms with Gasteiger partial charge >= 0.3 is 0 Å². The SMILES string of the molecule is Cc1cccc(-c2nc(NC(=O)C(F)Cl)n[nH]2)n1. The topological polar surface area (TPSA) is 83.6 Å². The predicted octanol–water partition coefficient (Wildman–Crippen LogP) is 1.65. The van der Waals surface area contributed by atoms with E-state index in [-0.39, 0.29) is 5.95 Å². The van der Waals surface area contributed by atoms with Crippen LogP contribution in [0.3, 0.4) is 0 Å². The maximum absolute atomic E-state index is 12.4. The molecule has 0 aliphatic rings. The molecule has 0 spiro atoms. The first-order valence-electron chi connectivity index (χ1n) is 5.01. The standard InChI is InChI=1S/C10H9ClFN5O/c1-5-3-2-4-6(13-5)8-14-10(17-16-8)15-9(18)7(11)12/h2-4,7H,1H3,(H2,14,15,16,17,18). The molecule has 1 amide bonds. The van der Waals surface area contributed by atoms with Gasteiger partial charge < -0.3 is 0 Å². The van der Waals surface area contributed by atoms with Gasteiger partial charge in [-0.25, -0.2) is 9.37 Å². The summed E-state index contributed by atoms with van der Waals surface area (Å²) in [5, 5.41) is 8.42. The van der Waals surface area contributed by atoms with Gasteiger partial charge in [-0.1, -0.05) is 17.7 Å². The molecule has 2 heterocycles. The molecule has 0 saturated heterocycles. The summed E-state index contributed by atoms with van der Waals surface area (Å²) >= 11 is 4.97. The van der Waals surface area contributed by atoms with Gasteiger partial charge in [0.2, 0.25) is 5.95 Å². The maximum Gasteiger partial charge on any atom is 0.276 e. The number of amides is 1. The Kier molecular flexibility index (Phi) is 3.52. The summed E-state index contributed by atoms with van der Waals surface area (Å²) in [5.41, 5.74) is -0.742. The van der Waals surface area contributed by atoms with E-state index < -0.39 is 11.5 Å². The van der Waals surface area contributed by atoms with E-state index in [1.165, 1.54) is 0 Å². The van der Waals surface area contributed by atoms with E-state index in [0.717, 1.165) is 5.69 Å². The summed E-state index contributed by atoms with van der Waals surface area (Å²) in [5.74, 6) is -0.694. The number of H-pyrrole nitrogens is 1. The van der Waals surface area contributed by atoms with Crippen molar-refractivity contribution in [1.82, 2.24) is 20.2 Å². The Balaban J connectivity index is 2.18. The zero-order chi connectivity index (χ0) is 13.1. The fourth-order valence-corrected chi connectivity index (χ4v) is 1.33. The zero-order valence-corrected chi connectivity index (χ0v) is 10.1. The number of alkyl halides is 2. The van der Waals surface area contributed by atoms with Crippen molar-refractivity contribution in [3.63, 3.8) is 0 Å². The number of carbonyl (C=O) groups excluding carboxylic acids is 1. The molecule has 94 valence electrons. The largest absolute Gasteiger partial charge is 0.290 e. The lowest BCUT2D eigenvalue weighted by Gasteiger charge is -1.98. The number of carbonyl (C=O) groups is 1. The maximum atomic E-state index is 12.4. The molecule has 0 saturated carbocycles. The third-order valence-electron chi connectivity index (χ3n) is 2.05. The normalized spacial score (nSPS) is 12.2. The fourth-order valence-electron chi connectivity index (χ4n) is 1.27. The molecule has 2 N–H and O–H groups in total. The average Bonchev–Trinajstić information content (AvgIpc) is 2.77. The van der Waals surface area contributed by atoms with E-state index in [4.69, 9.17) is 11.6 Å². The second-order valence-corrected chi connectivity index (χ2v) is 3.84. The molecule has 2 aromatic heterocycles. The zero-order valence-electron chi connectivity index (χ0n) is 9.32. The van der Waals surface area contributed by atoms with Gasteiger partial charge in [-0.05, 0) is 19.1 Å². The summed E-state index contributed by atoms with van der Waals surface area (Å²) in [6, 6.07) is 5.39. The minimum Gasteiger partial charge on any atom is -0.290 e. The van der Waals surface area contributed by atoms with Gasteiger partial charge in [0, 0.05) is 5.69 Å². The summed E-state index contributed by atoms with van der Waals surface area (Å²) < 4.78 is 12.4. The van der Waals surface area contributed by atoms with E-state index in [0.29, 0.717) is 11.5 Å². The molecule has 0 fully saturated rings. The van der Waals surface area contributed by atoms with Crippen LogP contribution >= 0.6 is 11.6 Å². The third-order valence-corrected chi connectivity index (χ3v) is 2.25. The second kappa shape index (κ2) is 5.09. The van der Waals surface area contributed by atoms with Gasteiger partial charge in [0.05, 0.1) is 0 Å². The van der Waals surface area contributed by atoms with Gasteiger partial charge in [-0.3, -0.25) is 15.2 Å². The average molecular weight is 270 g/mol. The lowest BCUT2D eigenvalue weighted by molar-refractivity contribution is -0.118. The monoisotopic (exact) mass is 269 g/mol. The highest BCUT2D eigenvalue weighted by Gasteiger charge is 2.16. The molecule has 1 unspecified atom stereocenters. The van der Waals surface area contributed by atoms with Crippen LogP contribution in [0.4, 0.5) is 10.3 Å². The number of halogens is 2. The van der Waals surface area contributed by atoms with Gasteiger partial charge in [0.25, 0.3) is 11.5 Å². The summed E-state index contributed by atoms with van der Waals surface area (Å²) in [4.78, 5) is 19.2. The second-order valence-electron chi connectivity index (χ2n) is 3.46. The number of nitrogens with zero attached hydrogens (tertiary/aromatic N) is 3. The smallest absolute Gasteiger partial charge is 0.276 e. The van der Waals surface area contributed by atoms with Crippen LogP contribution in [-0.2, 0) is 4.79 Å². The highest BCUT2D eigenvalue weighted by molar-refractivity contribution is 6.31. The molecule has 18 heavy (non-hydrogen) atoms. The van der Waals surface area contributed by atoms with Gasteiger partial charge in [0.15, 0.2) is 5.82 Å². The molecule has 0 bridgehead atoms. The molecular weight excluding hydrogens is 261 g/mol. The van der Waals surface area contributed by atoms with Crippen LogP contribution in [0, 0.1) is 6.92 Å². The summed E-state index contributed by atoms with van der Waals surface area (Å²) in [6.45, 7) is 1.84. The van der Waals surface area contributed by atoms with E-state index in [1.807, 2.05) is 19.1 Å². The van der Waals surface area contributed by atoms with Crippen LogP contribution in [0.1, 0.15) is 5.69 Å². The Labute approximate surface area is 107 Å². The van der Waals surface area contributed by atoms with Gasteiger partial charge in [-0.15, -0.1) is 5.10 Å². The van der Waals surface area contributed by atoms with Crippen LogP contribution in [0.5, 0.6) is 0 Å². The van der Waals surface area contributed by atoms with E-state index in [9.17, 15) is 9.18 Å².